The molecular formula is C9H20ClNO2. The Morgan fingerprint density at radius 1 is 1.31 bits per heavy atom. The van der Waals surface area contributed by atoms with Crippen molar-refractivity contribution in [3.63, 3.8) is 0 Å². The molecule has 0 aliphatic heterocycles. The number of carboxylic acid groups (broad SMARTS) is 1. The van der Waals surface area contributed by atoms with Gasteiger partial charge in [-0.15, -0.1) is 12.4 Å². The van der Waals surface area contributed by atoms with Crippen molar-refractivity contribution in [3.8, 4) is 0 Å². The van der Waals surface area contributed by atoms with Crippen LogP contribution in [0.4, 0.5) is 0 Å². The average Bonchev–Trinajstić information content (AvgIpc) is 1.98. The fourth-order valence-corrected chi connectivity index (χ4v) is 0.899. The van der Waals surface area contributed by atoms with E-state index in [4.69, 9.17) is 10.8 Å². The van der Waals surface area contributed by atoms with Gasteiger partial charge >= 0.3 is 5.97 Å². The summed E-state index contributed by atoms with van der Waals surface area (Å²) in [5.41, 5.74) is 5.37. The Morgan fingerprint density at radius 3 is 2.08 bits per heavy atom. The lowest BCUT2D eigenvalue weighted by Crippen LogP contribution is -2.30. The molecule has 13 heavy (non-hydrogen) atoms. The topological polar surface area (TPSA) is 63.3 Å². The van der Waals surface area contributed by atoms with Crippen molar-refractivity contribution in [1.29, 1.82) is 0 Å². The fraction of sp³-hybridized carbons (Fsp3) is 0.889. The van der Waals surface area contributed by atoms with E-state index >= 15 is 0 Å². The Balaban J connectivity index is 0. The van der Waals surface area contributed by atoms with Gasteiger partial charge in [-0.3, -0.25) is 4.79 Å². The summed E-state index contributed by atoms with van der Waals surface area (Å²) in [6.07, 6.45) is 1.47. The lowest BCUT2D eigenvalue weighted by Gasteiger charge is -2.16. The van der Waals surface area contributed by atoms with Gasteiger partial charge in [0.25, 0.3) is 0 Å². The van der Waals surface area contributed by atoms with E-state index in [-0.39, 0.29) is 12.4 Å². The van der Waals surface area contributed by atoms with Crippen LogP contribution >= 0.6 is 12.4 Å². The molecule has 0 spiro atoms. The largest absolute Gasteiger partial charge is 0.480 e. The van der Waals surface area contributed by atoms with Gasteiger partial charge < -0.3 is 10.8 Å². The first-order chi connectivity index (χ1) is 5.45. The van der Waals surface area contributed by atoms with Crippen molar-refractivity contribution in [1.82, 2.24) is 0 Å². The molecule has 0 unspecified atom stereocenters. The van der Waals surface area contributed by atoms with E-state index in [9.17, 15) is 4.79 Å². The second-order valence-electron chi connectivity index (χ2n) is 3.74. The van der Waals surface area contributed by atoms with Crippen molar-refractivity contribution >= 4 is 18.4 Å². The van der Waals surface area contributed by atoms with Crippen molar-refractivity contribution in [2.24, 2.45) is 17.6 Å². The average molecular weight is 210 g/mol. The maximum Gasteiger partial charge on any atom is 0.320 e. The third-order valence-electron chi connectivity index (χ3n) is 2.39. The number of hydrogen-bond acceptors (Lipinski definition) is 2. The standard InChI is InChI=1S/C9H19NO2.ClH/c1-6(2)7(3)4-5-8(10)9(11)12;/h6-8H,4-5,10H2,1-3H3,(H,11,12);1H/t7-,8+;/m1./s1. The van der Waals surface area contributed by atoms with Gasteiger partial charge in [-0.2, -0.15) is 0 Å². The fourth-order valence-electron chi connectivity index (χ4n) is 0.899. The minimum Gasteiger partial charge on any atom is -0.480 e. The van der Waals surface area contributed by atoms with E-state index in [1.165, 1.54) is 0 Å². The summed E-state index contributed by atoms with van der Waals surface area (Å²) in [5.74, 6) is 0.257. The van der Waals surface area contributed by atoms with Gasteiger partial charge in [0.05, 0.1) is 0 Å². The first-order valence-corrected chi connectivity index (χ1v) is 4.43. The molecule has 0 fully saturated rings. The Labute approximate surface area is 86.1 Å². The highest BCUT2D eigenvalue weighted by atomic mass is 35.5. The zero-order chi connectivity index (χ0) is 9.72. The van der Waals surface area contributed by atoms with Crippen LogP contribution in [0.2, 0.25) is 0 Å². The monoisotopic (exact) mass is 209 g/mol. The highest BCUT2D eigenvalue weighted by Crippen LogP contribution is 2.16. The molecule has 0 bridgehead atoms. The highest BCUT2D eigenvalue weighted by Gasteiger charge is 2.14. The predicted octanol–water partition coefficient (Wildman–Crippen LogP) is 1.89. The minimum atomic E-state index is -0.897. The van der Waals surface area contributed by atoms with E-state index in [0.717, 1.165) is 6.42 Å². The quantitative estimate of drug-likeness (QED) is 0.727. The summed E-state index contributed by atoms with van der Waals surface area (Å²) in [5, 5.41) is 8.51. The summed E-state index contributed by atoms with van der Waals surface area (Å²) in [6, 6.07) is -0.689. The normalized spacial score (nSPS) is 14.8. The van der Waals surface area contributed by atoms with Crippen LogP contribution in [0, 0.1) is 11.8 Å². The molecule has 2 atom stereocenters. The summed E-state index contributed by atoms with van der Waals surface area (Å²) < 4.78 is 0. The summed E-state index contributed by atoms with van der Waals surface area (Å²) >= 11 is 0. The molecule has 3 nitrogen and oxygen atoms in total. The third kappa shape index (κ3) is 6.84. The van der Waals surface area contributed by atoms with Gasteiger partial charge in [-0.05, 0) is 24.7 Å². The van der Waals surface area contributed by atoms with Gasteiger partial charge in [0.1, 0.15) is 6.04 Å². The van der Waals surface area contributed by atoms with Crippen LogP contribution < -0.4 is 5.73 Å². The Bertz CT molecular complexity index is 151. The molecule has 0 saturated carbocycles. The van der Waals surface area contributed by atoms with Crippen LogP contribution in [0.3, 0.4) is 0 Å². The molecule has 0 radical (unpaired) electrons. The molecule has 0 aromatic heterocycles. The van der Waals surface area contributed by atoms with Gasteiger partial charge in [-0.1, -0.05) is 20.8 Å². The van der Waals surface area contributed by atoms with Crippen molar-refractivity contribution < 1.29 is 9.90 Å². The zero-order valence-electron chi connectivity index (χ0n) is 8.49. The van der Waals surface area contributed by atoms with E-state index in [2.05, 4.69) is 20.8 Å². The Kier molecular flexibility index (Phi) is 8.37. The minimum absolute atomic E-state index is 0. The van der Waals surface area contributed by atoms with Crippen LogP contribution in [0.25, 0.3) is 0 Å². The zero-order valence-corrected chi connectivity index (χ0v) is 9.30. The smallest absolute Gasteiger partial charge is 0.320 e. The molecule has 4 heteroatoms. The number of aliphatic carboxylic acids is 1. The molecule has 0 aliphatic rings. The number of hydrogen-bond donors (Lipinski definition) is 2. The van der Waals surface area contributed by atoms with Gasteiger partial charge in [-0.25, -0.2) is 0 Å². The van der Waals surface area contributed by atoms with Crippen molar-refractivity contribution in [3.05, 3.63) is 0 Å². The third-order valence-corrected chi connectivity index (χ3v) is 2.39. The van der Waals surface area contributed by atoms with Crippen LogP contribution in [-0.4, -0.2) is 17.1 Å². The molecule has 0 amide bonds. The summed E-state index contributed by atoms with van der Waals surface area (Å²) in [7, 11) is 0. The van der Waals surface area contributed by atoms with Gasteiger partial charge in [0.2, 0.25) is 0 Å². The van der Waals surface area contributed by atoms with Crippen molar-refractivity contribution in [2.75, 3.05) is 0 Å². The number of nitrogens with two attached hydrogens (primary N) is 1. The van der Waals surface area contributed by atoms with Crippen LogP contribution in [0.1, 0.15) is 33.6 Å². The molecule has 0 saturated heterocycles. The second-order valence-corrected chi connectivity index (χ2v) is 3.74. The molecule has 3 N–H and O–H groups in total. The SMILES string of the molecule is CC(C)[C@H](C)CC[C@H](N)C(=O)O.Cl. The molecule has 0 aliphatic carbocycles. The van der Waals surface area contributed by atoms with Crippen molar-refractivity contribution in [2.45, 2.75) is 39.7 Å². The first-order valence-electron chi connectivity index (χ1n) is 4.43. The molecular weight excluding hydrogens is 190 g/mol. The number of carboxylic acids is 1. The second kappa shape index (κ2) is 7.15. The lowest BCUT2D eigenvalue weighted by atomic mass is 9.92. The first kappa shape index (κ1) is 15.2. The molecule has 0 aromatic carbocycles. The number of rotatable bonds is 5. The number of carbonyl (C=O) groups is 1. The van der Waals surface area contributed by atoms with Crippen LogP contribution in [0.5, 0.6) is 0 Å². The lowest BCUT2D eigenvalue weighted by molar-refractivity contribution is -0.138. The van der Waals surface area contributed by atoms with Gasteiger partial charge in [0.15, 0.2) is 0 Å². The Hall–Kier alpha value is -0.280. The van der Waals surface area contributed by atoms with E-state index in [1.807, 2.05) is 0 Å². The van der Waals surface area contributed by atoms with Gasteiger partial charge in [0, 0.05) is 0 Å². The maximum atomic E-state index is 10.4. The van der Waals surface area contributed by atoms with Crippen LogP contribution in [-0.2, 0) is 4.79 Å². The molecule has 0 heterocycles. The van der Waals surface area contributed by atoms with E-state index < -0.39 is 12.0 Å². The Morgan fingerprint density at radius 2 is 1.77 bits per heavy atom. The van der Waals surface area contributed by atoms with E-state index in [1.54, 1.807) is 0 Å². The van der Waals surface area contributed by atoms with E-state index in [0.29, 0.717) is 18.3 Å². The highest BCUT2D eigenvalue weighted by molar-refractivity contribution is 5.85. The molecule has 0 rings (SSSR count). The predicted molar refractivity (Wildman–Crippen MR) is 56.1 cm³/mol. The summed E-state index contributed by atoms with van der Waals surface area (Å²) in [4.78, 5) is 10.4. The molecule has 0 aromatic rings. The molecule has 80 valence electrons. The maximum absolute atomic E-state index is 10.4. The summed E-state index contributed by atoms with van der Waals surface area (Å²) in [6.45, 7) is 6.40. The van der Waals surface area contributed by atoms with Crippen LogP contribution in [0.15, 0.2) is 0 Å². The number of halogens is 1.